The average Bonchev–Trinajstić information content (AvgIpc) is 2.36. The van der Waals surface area contributed by atoms with Gasteiger partial charge in [-0.25, -0.2) is 0 Å². The van der Waals surface area contributed by atoms with Crippen LogP contribution in [0.1, 0.15) is 18.5 Å². The molecular formula is C14H22N2O3. The van der Waals surface area contributed by atoms with Crippen molar-refractivity contribution in [2.24, 2.45) is 0 Å². The summed E-state index contributed by atoms with van der Waals surface area (Å²) >= 11 is 0. The number of likely N-dealkylation sites (N-methyl/N-ethyl adjacent to an activating group) is 1. The average molecular weight is 266 g/mol. The second-order valence-electron chi connectivity index (χ2n) is 5.13. The van der Waals surface area contributed by atoms with Gasteiger partial charge in [0.05, 0.1) is 12.7 Å². The molecule has 0 spiro atoms. The molecule has 3 N–H and O–H groups in total. The number of nitrogens with zero attached hydrogens (tertiary/aromatic N) is 1. The highest BCUT2D eigenvalue weighted by atomic mass is 16.5. The summed E-state index contributed by atoms with van der Waals surface area (Å²) in [7, 11) is 2.09. The van der Waals surface area contributed by atoms with Crippen LogP contribution in [-0.2, 0) is 4.74 Å². The molecule has 2 rings (SSSR count). The Labute approximate surface area is 113 Å². The molecule has 1 aliphatic heterocycles. The molecule has 1 aromatic carbocycles. The first-order valence-electron chi connectivity index (χ1n) is 6.61. The monoisotopic (exact) mass is 266 g/mol. The summed E-state index contributed by atoms with van der Waals surface area (Å²) in [5.74, 6) is 0.187. The molecule has 0 saturated carbocycles. The fourth-order valence-corrected chi connectivity index (χ4v) is 2.31. The molecule has 1 fully saturated rings. The Hall–Kier alpha value is -1.30. The van der Waals surface area contributed by atoms with E-state index in [1.54, 1.807) is 12.1 Å². The van der Waals surface area contributed by atoms with Crippen LogP contribution in [0.3, 0.4) is 0 Å². The van der Waals surface area contributed by atoms with Crippen molar-refractivity contribution in [2.75, 3.05) is 33.3 Å². The van der Waals surface area contributed by atoms with Gasteiger partial charge in [0.1, 0.15) is 11.5 Å². The lowest BCUT2D eigenvalue weighted by Crippen LogP contribution is -2.45. The zero-order valence-corrected chi connectivity index (χ0v) is 11.5. The van der Waals surface area contributed by atoms with Crippen LogP contribution in [0.4, 0.5) is 0 Å². The number of rotatable bonds is 4. The maximum absolute atomic E-state index is 9.80. The van der Waals surface area contributed by atoms with E-state index in [1.807, 2.05) is 6.92 Å². The zero-order chi connectivity index (χ0) is 13.8. The molecular weight excluding hydrogens is 244 g/mol. The van der Waals surface area contributed by atoms with Crippen molar-refractivity contribution in [1.29, 1.82) is 0 Å². The predicted molar refractivity (Wildman–Crippen MR) is 73.4 cm³/mol. The molecule has 19 heavy (non-hydrogen) atoms. The van der Waals surface area contributed by atoms with E-state index in [1.165, 1.54) is 6.07 Å². The molecule has 5 nitrogen and oxygen atoms in total. The Kier molecular flexibility index (Phi) is 4.63. The Bertz CT molecular complexity index is 425. The third-order valence-electron chi connectivity index (χ3n) is 3.47. The topological polar surface area (TPSA) is 65.0 Å². The van der Waals surface area contributed by atoms with E-state index in [-0.39, 0.29) is 23.6 Å². The Balaban J connectivity index is 1.88. The number of aromatic hydroxyl groups is 2. The van der Waals surface area contributed by atoms with Gasteiger partial charge in [-0.05, 0) is 20.0 Å². The fourth-order valence-electron chi connectivity index (χ4n) is 2.31. The number of ether oxygens (including phenoxy) is 1. The number of hydrogen-bond donors (Lipinski definition) is 3. The summed E-state index contributed by atoms with van der Waals surface area (Å²) in [5.41, 5.74) is 0.780. The molecule has 2 atom stereocenters. The van der Waals surface area contributed by atoms with Crippen LogP contribution in [0.2, 0.25) is 0 Å². The fraction of sp³-hybridized carbons (Fsp3) is 0.571. The van der Waals surface area contributed by atoms with Gasteiger partial charge >= 0.3 is 0 Å². The van der Waals surface area contributed by atoms with E-state index in [0.29, 0.717) is 0 Å². The van der Waals surface area contributed by atoms with Crippen molar-refractivity contribution in [3.63, 3.8) is 0 Å². The zero-order valence-electron chi connectivity index (χ0n) is 11.5. The molecule has 1 aliphatic rings. The highest BCUT2D eigenvalue weighted by Gasteiger charge is 2.19. The third kappa shape index (κ3) is 3.83. The maximum atomic E-state index is 9.80. The number of morpholine rings is 1. The predicted octanol–water partition coefficient (Wildman–Crippen LogP) is 1.08. The van der Waals surface area contributed by atoms with Crippen LogP contribution in [-0.4, -0.2) is 54.5 Å². The van der Waals surface area contributed by atoms with E-state index in [0.717, 1.165) is 31.8 Å². The quantitative estimate of drug-likeness (QED) is 0.761. The largest absolute Gasteiger partial charge is 0.508 e. The lowest BCUT2D eigenvalue weighted by molar-refractivity contribution is -0.0191. The standard InChI is InChI=1S/C14H22N2O3/c1-10(13-4-3-11(17)7-14(13)18)15-8-12-9-16(2)5-6-19-12/h3-4,7,10,12,15,17-18H,5-6,8-9H2,1-2H3. The SMILES string of the molecule is CC(NCC1CN(C)CCO1)c1ccc(O)cc1O. The maximum Gasteiger partial charge on any atom is 0.124 e. The van der Waals surface area contributed by atoms with Gasteiger partial charge in [-0.3, -0.25) is 0 Å². The number of phenolic OH excluding ortho intramolecular Hbond substituents is 2. The number of hydrogen-bond acceptors (Lipinski definition) is 5. The van der Waals surface area contributed by atoms with Crippen LogP contribution >= 0.6 is 0 Å². The minimum Gasteiger partial charge on any atom is -0.508 e. The second kappa shape index (κ2) is 6.23. The normalized spacial score (nSPS) is 22.3. The summed E-state index contributed by atoms with van der Waals surface area (Å²) in [5, 5.41) is 22.4. The van der Waals surface area contributed by atoms with E-state index in [2.05, 4.69) is 17.3 Å². The molecule has 106 valence electrons. The van der Waals surface area contributed by atoms with Crippen LogP contribution < -0.4 is 5.32 Å². The van der Waals surface area contributed by atoms with Gasteiger partial charge in [0, 0.05) is 37.3 Å². The first-order valence-corrected chi connectivity index (χ1v) is 6.61. The lowest BCUT2D eigenvalue weighted by atomic mass is 10.1. The molecule has 1 aromatic rings. The van der Waals surface area contributed by atoms with Gasteiger partial charge in [-0.1, -0.05) is 6.07 Å². The summed E-state index contributed by atoms with van der Waals surface area (Å²) in [6.45, 7) is 5.39. The molecule has 0 aromatic heterocycles. The molecule has 1 saturated heterocycles. The highest BCUT2D eigenvalue weighted by molar-refractivity contribution is 5.40. The van der Waals surface area contributed by atoms with E-state index < -0.39 is 0 Å². The Morgan fingerprint density at radius 3 is 2.95 bits per heavy atom. The van der Waals surface area contributed by atoms with Gasteiger partial charge in [-0.2, -0.15) is 0 Å². The van der Waals surface area contributed by atoms with E-state index in [9.17, 15) is 10.2 Å². The van der Waals surface area contributed by atoms with Crippen molar-refractivity contribution < 1.29 is 14.9 Å². The van der Waals surface area contributed by atoms with Gasteiger partial charge in [0.2, 0.25) is 0 Å². The van der Waals surface area contributed by atoms with Crippen LogP contribution in [0.5, 0.6) is 11.5 Å². The molecule has 0 amide bonds. The Morgan fingerprint density at radius 1 is 1.47 bits per heavy atom. The van der Waals surface area contributed by atoms with Gasteiger partial charge < -0.3 is 25.2 Å². The van der Waals surface area contributed by atoms with Crippen molar-refractivity contribution in [3.05, 3.63) is 23.8 Å². The van der Waals surface area contributed by atoms with Crippen LogP contribution in [0.25, 0.3) is 0 Å². The van der Waals surface area contributed by atoms with Gasteiger partial charge in [0.25, 0.3) is 0 Å². The Morgan fingerprint density at radius 2 is 2.26 bits per heavy atom. The van der Waals surface area contributed by atoms with Crippen molar-refractivity contribution in [3.8, 4) is 11.5 Å². The lowest BCUT2D eigenvalue weighted by Gasteiger charge is -2.31. The van der Waals surface area contributed by atoms with Gasteiger partial charge in [-0.15, -0.1) is 0 Å². The molecule has 0 radical (unpaired) electrons. The summed E-state index contributed by atoms with van der Waals surface area (Å²) < 4.78 is 5.68. The molecule has 2 unspecified atom stereocenters. The molecule has 0 bridgehead atoms. The first-order chi connectivity index (χ1) is 9.06. The van der Waals surface area contributed by atoms with Crippen LogP contribution in [0.15, 0.2) is 18.2 Å². The first kappa shape index (κ1) is 14.1. The van der Waals surface area contributed by atoms with E-state index in [4.69, 9.17) is 4.74 Å². The number of phenols is 2. The molecule has 5 heteroatoms. The van der Waals surface area contributed by atoms with E-state index >= 15 is 0 Å². The molecule has 1 heterocycles. The summed E-state index contributed by atoms with van der Waals surface area (Å²) in [6.07, 6.45) is 0.181. The van der Waals surface area contributed by atoms with Crippen LogP contribution in [0, 0.1) is 0 Å². The minimum absolute atomic E-state index is 0.0106. The molecule has 0 aliphatic carbocycles. The van der Waals surface area contributed by atoms with Gasteiger partial charge in [0.15, 0.2) is 0 Å². The number of benzene rings is 1. The third-order valence-corrected chi connectivity index (χ3v) is 3.47. The minimum atomic E-state index is 0.0106. The smallest absolute Gasteiger partial charge is 0.124 e. The summed E-state index contributed by atoms with van der Waals surface area (Å²) in [6, 6.07) is 4.68. The number of nitrogens with one attached hydrogen (secondary N) is 1. The highest BCUT2D eigenvalue weighted by Crippen LogP contribution is 2.27. The second-order valence-corrected chi connectivity index (χ2v) is 5.13. The van der Waals surface area contributed by atoms with Crippen molar-refractivity contribution in [1.82, 2.24) is 10.2 Å². The van der Waals surface area contributed by atoms with Crippen molar-refractivity contribution in [2.45, 2.75) is 19.1 Å². The van der Waals surface area contributed by atoms with Crippen molar-refractivity contribution >= 4 is 0 Å². The summed E-state index contributed by atoms with van der Waals surface area (Å²) in [4.78, 5) is 2.25.